The van der Waals surface area contributed by atoms with E-state index in [9.17, 15) is 18.0 Å². The molecule has 2 heterocycles. The van der Waals surface area contributed by atoms with Gasteiger partial charge in [-0.2, -0.15) is 28.4 Å². The van der Waals surface area contributed by atoms with Crippen molar-refractivity contribution >= 4 is 16.9 Å². The average Bonchev–Trinajstić information content (AvgIpc) is 3.20. The number of aromatic nitrogens is 4. The van der Waals surface area contributed by atoms with Crippen LogP contribution in [0.3, 0.4) is 0 Å². The van der Waals surface area contributed by atoms with Crippen LogP contribution in [-0.4, -0.2) is 46.1 Å². The zero-order valence-electron chi connectivity index (χ0n) is 18.4. The molecule has 4 aromatic rings. The van der Waals surface area contributed by atoms with E-state index in [1.807, 2.05) is 5.32 Å². The van der Waals surface area contributed by atoms with Gasteiger partial charge in [-0.15, -0.1) is 0 Å². The lowest BCUT2D eigenvalue weighted by atomic mass is 10.1. The fraction of sp³-hybridized carbons (Fsp3) is 0.217. The zero-order chi connectivity index (χ0) is 24.5. The van der Waals surface area contributed by atoms with E-state index in [0.29, 0.717) is 21.4 Å². The lowest BCUT2D eigenvalue weighted by Crippen LogP contribution is -2.61. The van der Waals surface area contributed by atoms with E-state index in [0.717, 1.165) is 7.11 Å². The summed E-state index contributed by atoms with van der Waals surface area (Å²) in [6.45, 7) is 1.78. The third-order valence-electron chi connectivity index (χ3n) is 5.23. The molecule has 1 N–H and O–H groups in total. The number of carbonyl (C=O) groups is 1. The normalized spacial score (nSPS) is 13.5. The summed E-state index contributed by atoms with van der Waals surface area (Å²) in [6, 6.07) is 13.6. The van der Waals surface area contributed by atoms with E-state index in [-0.39, 0.29) is 16.6 Å². The highest BCUT2D eigenvalue weighted by Crippen LogP contribution is 2.41. The Balaban J connectivity index is 1.90. The van der Waals surface area contributed by atoms with Gasteiger partial charge in [-0.1, -0.05) is 24.3 Å². The predicted molar refractivity (Wildman–Crippen MR) is 117 cm³/mol. The Morgan fingerprint density at radius 1 is 1.03 bits per heavy atom. The first-order valence-corrected chi connectivity index (χ1v) is 10.1. The van der Waals surface area contributed by atoms with Crippen LogP contribution in [0.1, 0.15) is 16.1 Å². The van der Waals surface area contributed by atoms with Gasteiger partial charge in [0.2, 0.25) is 0 Å². The molecule has 2 aromatic heterocycles. The minimum Gasteiger partial charge on any atom is -0.468 e. The van der Waals surface area contributed by atoms with Gasteiger partial charge in [0.1, 0.15) is 0 Å². The number of carbonyl (C=O) groups excluding carboxylic acids is 1. The Morgan fingerprint density at radius 2 is 1.76 bits per heavy atom. The molecule has 0 bridgehead atoms. The molecule has 8 nitrogen and oxygen atoms in total. The predicted octanol–water partition coefficient (Wildman–Crippen LogP) is 4.06. The van der Waals surface area contributed by atoms with Gasteiger partial charge in [-0.3, -0.25) is 10.1 Å². The fourth-order valence-electron chi connectivity index (χ4n) is 3.64. The molecule has 1 unspecified atom stereocenters. The summed E-state index contributed by atoms with van der Waals surface area (Å²) < 4.78 is 54.6. The van der Waals surface area contributed by atoms with Crippen LogP contribution in [0.15, 0.2) is 60.8 Å². The molecule has 11 heteroatoms. The Labute approximate surface area is 192 Å². The number of halogens is 3. The maximum absolute atomic E-state index is 14.6. The van der Waals surface area contributed by atoms with E-state index in [4.69, 9.17) is 9.47 Å². The molecule has 0 aliphatic carbocycles. The second kappa shape index (κ2) is 8.75. The highest BCUT2D eigenvalue weighted by molar-refractivity contribution is 5.94. The monoisotopic (exact) mass is 471 g/mol. The molecule has 1 amide bonds. The van der Waals surface area contributed by atoms with Crippen molar-refractivity contribution in [2.24, 2.45) is 0 Å². The molecule has 0 saturated carbocycles. The van der Waals surface area contributed by atoms with Crippen molar-refractivity contribution in [2.75, 3.05) is 14.2 Å². The van der Waals surface area contributed by atoms with Crippen molar-refractivity contribution in [2.45, 2.75) is 18.9 Å². The summed E-state index contributed by atoms with van der Waals surface area (Å²) in [5, 5.41) is 9.82. The van der Waals surface area contributed by atoms with Crippen molar-refractivity contribution in [3.05, 3.63) is 72.1 Å². The summed E-state index contributed by atoms with van der Waals surface area (Å²) in [7, 11) is 2.04. The number of alkyl halides is 3. The Kier molecular flexibility index (Phi) is 5.96. The largest absolute Gasteiger partial charge is 0.468 e. The SMILES string of the molecule is COc1nc2cc(-c3cnnc(C)c3)ccc2n1C(NC(=O)c1ccccc1)(OC)C(F)(F)F. The van der Waals surface area contributed by atoms with Crippen molar-refractivity contribution < 1.29 is 27.4 Å². The van der Waals surface area contributed by atoms with E-state index < -0.39 is 23.9 Å². The van der Waals surface area contributed by atoms with E-state index >= 15 is 0 Å². The summed E-state index contributed by atoms with van der Waals surface area (Å²) in [6.07, 6.45) is -3.55. The summed E-state index contributed by atoms with van der Waals surface area (Å²) >= 11 is 0. The van der Waals surface area contributed by atoms with Gasteiger partial charge < -0.3 is 9.47 Å². The molecular weight excluding hydrogens is 451 g/mol. The minimum atomic E-state index is -5.09. The third kappa shape index (κ3) is 3.94. The molecular formula is C23H20F3N5O3. The lowest BCUT2D eigenvalue weighted by Gasteiger charge is -2.36. The van der Waals surface area contributed by atoms with E-state index in [1.54, 1.807) is 43.3 Å². The number of nitrogens with one attached hydrogen (secondary N) is 1. The number of aryl methyl sites for hydroxylation is 1. The molecule has 0 saturated heterocycles. The number of rotatable bonds is 6. The number of nitrogens with zero attached hydrogens (tertiary/aromatic N) is 4. The zero-order valence-corrected chi connectivity index (χ0v) is 18.4. The summed E-state index contributed by atoms with van der Waals surface area (Å²) in [5.41, 5.74) is 2.32. The standard InChI is InChI=1S/C23H20F3N5O3/c1-14-11-17(13-27-30-14)16-9-10-19-18(12-16)28-21(33-2)31(19)23(34-3,22(24,25)26)29-20(32)15-7-5-4-6-8-15/h4-13H,1-3H3,(H,29,32). The van der Waals surface area contributed by atoms with Crippen LogP contribution >= 0.6 is 0 Å². The molecule has 0 aliphatic heterocycles. The highest BCUT2D eigenvalue weighted by Gasteiger charge is 2.61. The van der Waals surface area contributed by atoms with Gasteiger partial charge in [0.25, 0.3) is 5.91 Å². The Morgan fingerprint density at radius 3 is 2.38 bits per heavy atom. The number of methoxy groups -OCH3 is 2. The second-order valence-electron chi connectivity index (χ2n) is 7.39. The van der Waals surface area contributed by atoms with Crippen molar-refractivity contribution in [1.29, 1.82) is 0 Å². The second-order valence-corrected chi connectivity index (χ2v) is 7.39. The number of amides is 1. The summed E-state index contributed by atoms with van der Waals surface area (Å²) in [5.74, 6) is -4.28. The molecule has 4 rings (SSSR count). The number of ether oxygens (including phenoxy) is 2. The number of benzene rings is 2. The van der Waals surface area contributed by atoms with Crippen LogP contribution in [-0.2, 0) is 10.6 Å². The van der Waals surface area contributed by atoms with Crippen LogP contribution in [0.4, 0.5) is 13.2 Å². The molecule has 2 aromatic carbocycles. The van der Waals surface area contributed by atoms with Crippen molar-refractivity contribution in [3.8, 4) is 17.1 Å². The van der Waals surface area contributed by atoms with E-state index in [1.165, 1.54) is 31.5 Å². The topological polar surface area (TPSA) is 91.2 Å². The maximum Gasteiger partial charge on any atom is 0.459 e. The van der Waals surface area contributed by atoms with Crippen LogP contribution in [0.5, 0.6) is 6.01 Å². The van der Waals surface area contributed by atoms with Gasteiger partial charge in [-0.25, -0.2) is 4.57 Å². The van der Waals surface area contributed by atoms with Gasteiger partial charge in [-0.05, 0) is 42.8 Å². The molecule has 0 radical (unpaired) electrons. The smallest absolute Gasteiger partial charge is 0.459 e. The number of hydrogen-bond donors (Lipinski definition) is 1. The average molecular weight is 471 g/mol. The molecule has 176 valence electrons. The van der Waals surface area contributed by atoms with Crippen LogP contribution in [0.2, 0.25) is 0 Å². The first kappa shape index (κ1) is 23.2. The van der Waals surface area contributed by atoms with Crippen LogP contribution in [0.25, 0.3) is 22.2 Å². The first-order valence-electron chi connectivity index (χ1n) is 10.1. The van der Waals surface area contributed by atoms with Crippen molar-refractivity contribution in [3.63, 3.8) is 0 Å². The Hall–Kier alpha value is -3.99. The van der Waals surface area contributed by atoms with Crippen LogP contribution < -0.4 is 10.1 Å². The molecule has 0 spiro atoms. The summed E-state index contributed by atoms with van der Waals surface area (Å²) in [4.78, 5) is 17.0. The van der Waals surface area contributed by atoms with E-state index in [2.05, 4.69) is 15.2 Å². The molecule has 1 atom stereocenters. The molecule has 0 aliphatic rings. The van der Waals surface area contributed by atoms with Gasteiger partial charge >= 0.3 is 18.0 Å². The van der Waals surface area contributed by atoms with Gasteiger partial charge in [0, 0.05) is 18.2 Å². The molecule has 0 fully saturated rings. The Bertz CT molecular complexity index is 1340. The highest BCUT2D eigenvalue weighted by atomic mass is 19.4. The van der Waals surface area contributed by atoms with Gasteiger partial charge in [0.05, 0.1) is 30.0 Å². The van der Waals surface area contributed by atoms with Crippen molar-refractivity contribution in [1.82, 2.24) is 25.1 Å². The first-order chi connectivity index (χ1) is 16.2. The minimum absolute atomic E-state index is 0.0272. The fourth-order valence-corrected chi connectivity index (χ4v) is 3.64. The van der Waals surface area contributed by atoms with Crippen LogP contribution in [0, 0.1) is 6.92 Å². The third-order valence-corrected chi connectivity index (χ3v) is 5.23. The number of imidazole rings is 1. The number of hydrogen-bond acceptors (Lipinski definition) is 6. The van der Waals surface area contributed by atoms with Gasteiger partial charge in [0.15, 0.2) is 0 Å². The maximum atomic E-state index is 14.6. The number of fused-ring (bicyclic) bond motifs is 1. The molecule has 34 heavy (non-hydrogen) atoms. The quantitative estimate of drug-likeness (QED) is 0.427. The lowest BCUT2D eigenvalue weighted by molar-refractivity contribution is -0.317.